The van der Waals surface area contributed by atoms with Crippen molar-refractivity contribution in [2.24, 2.45) is 0 Å². The number of sulfonamides is 1. The van der Waals surface area contributed by atoms with Gasteiger partial charge in [-0.1, -0.05) is 0 Å². The predicted molar refractivity (Wildman–Crippen MR) is 96.9 cm³/mol. The number of carbonyl (C=O) groups excluding carboxylic acids is 1. The van der Waals surface area contributed by atoms with Crippen molar-refractivity contribution in [2.45, 2.75) is 48.7 Å². The molecule has 2 saturated heterocycles. The van der Waals surface area contributed by atoms with Gasteiger partial charge in [-0.05, 0) is 50.9 Å². The summed E-state index contributed by atoms with van der Waals surface area (Å²) in [5.41, 5.74) is 0.315. The summed E-state index contributed by atoms with van der Waals surface area (Å²) in [4.78, 5) is 12.5. The Kier molecular flexibility index (Phi) is 6.31. The second-order valence-corrected chi connectivity index (χ2v) is 8.21. The van der Waals surface area contributed by atoms with E-state index in [-0.39, 0.29) is 35.0 Å². The van der Waals surface area contributed by atoms with Gasteiger partial charge in [0.05, 0.1) is 7.11 Å². The predicted octanol–water partition coefficient (Wildman–Crippen LogP) is 1.04. The number of hydrogen-bond donors (Lipinski definition) is 3. The van der Waals surface area contributed by atoms with Gasteiger partial charge >= 0.3 is 0 Å². The summed E-state index contributed by atoms with van der Waals surface area (Å²) in [6.07, 6.45) is 4.15. The van der Waals surface area contributed by atoms with Gasteiger partial charge in [-0.15, -0.1) is 12.4 Å². The molecule has 2 bridgehead atoms. The van der Waals surface area contributed by atoms with Crippen molar-refractivity contribution < 1.29 is 17.9 Å². The molecule has 3 N–H and O–H groups in total. The van der Waals surface area contributed by atoms with E-state index in [0.29, 0.717) is 17.6 Å². The number of amides is 1. The standard InChI is InChI=1S/C16H23N3O4S.ClH/c1-17-24(21,22)15-7-10(3-6-14(15)23-2)16(20)19-13-8-11-4-5-12(9-13)18-11;/h3,6-7,11-13,17-18H,4-5,8-9H2,1-2H3,(H,19,20);1H. The van der Waals surface area contributed by atoms with Crippen LogP contribution in [0.4, 0.5) is 0 Å². The monoisotopic (exact) mass is 389 g/mol. The average Bonchev–Trinajstić information content (AvgIpc) is 2.92. The van der Waals surface area contributed by atoms with E-state index in [1.165, 1.54) is 26.3 Å². The number of carbonyl (C=O) groups is 1. The molecule has 25 heavy (non-hydrogen) atoms. The quantitative estimate of drug-likeness (QED) is 0.699. The highest BCUT2D eigenvalue weighted by molar-refractivity contribution is 7.89. The Hall–Kier alpha value is -1.35. The first-order valence-electron chi connectivity index (χ1n) is 8.11. The van der Waals surface area contributed by atoms with Crippen LogP contribution in [-0.2, 0) is 10.0 Å². The van der Waals surface area contributed by atoms with Gasteiger partial charge in [0.2, 0.25) is 10.0 Å². The van der Waals surface area contributed by atoms with Gasteiger partial charge in [-0.2, -0.15) is 0 Å². The second kappa shape index (κ2) is 7.90. The van der Waals surface area contributed by atoms with Crippen LogP contribution in [0.15, 0.2) is 23.1 Å². The lowest BCUT2D eigenvalue weighted by Gasteiger charge is -2.29. The largest absolute Gasteiger partial charge is 0.495 e. The third kappa shape index (κ3) is 4.25. The Morgan fingerprint density at radius 1 is 1.24 bits per heavy atom. The van der Waals surface area contributed by atoms with Gasteiger partial charge < -0.3 is 15.4 Å². The lowest BCUT2D eigenvalue weighted by atomic mass is 9.99. The highest BCUT2D eigenvalue weighted by Gasteiger charge is 2.34. The van der Waals surface area contributed by atoms with E-state index < -0.39 is 10.0 Å². The normalized spacial score (nSPS) is 25.1. The zero-order valence-electron chi connectivity index (χ0n) is 14.2. The molecule has 0 spiro atoms. The molecular weight excluding hydrogens is 366 g/mol. The molecule has 2 atom stereocenters. The maximum atomic E-state index is 12.5. The van der Waals surface area contributed by atoms with Crippen LogP contribution in [0, 0.1) is 0 Å². The van der Waals surface area contributed by atoms with Crippen LogP contribution in [0.3, 0.4) is 0 Å². The van der Waals surface area contributed by atoms with E-state index >= 15 is 0 Å². The molecule has 7 nitrogen and oxygen atoms in total. The van der Waals surface area contributed by atoms with E-state index in [1.807, 2.05) is 0 Å². The Balaban J connectivity index is 0.00000225. The number of piperidine rings is 1. The minimum absolute atomic E-state index is 0. The highest BCUT2D eigenvalue weighted by Crippen LogP contribution is 2.28. The molecule has 0 aromatic heterocycles. The van der Waals surface area contributed by atoms with Crippen LogP contribution in [-0.4, -0.2) is 46.6 Å². The molecule has 140 valence electrons. The zero-order chi connectivity index (χ0) is 17.3. The molecule has 0 radical (unpaired) electrons. The highest BCUT2D eigenvalue weighted by atomic mass is 35.5. The minimum atomic E-state index is -3.70. The van der Waals surface area contributed by atoms with Gasteiger partial charge in [-0.3, -0.25) is 4.79 Å². The zero-order valence-corrected chi connectivity index (χ0v) is 15.9. The molecule has 2 aliphatic heterocycles. The van der Waals surface area contributed by atoms with E-state index in [9.17, 15) is 13.2 Å². The van der Waals surface area contributed by atoms with Gasteiger partial charge in [0.25, 0.3) is 5.91 Å². The fraction of sp³-hybridized carbons (Fsp3) is 0.562. The van der Waals surface area contributed by atoms with Gasteiger partial charge in [-0.25, -0.2) is 13.1 Å². The van der Waals surface area contributed by atoms with Crippen LogP contribution in [0.25, 0.3) is 0 Å². The van der Waals surface area contributed by atoms with Crippen molar-refractivity contribution in [3.63, 3.8) is 0 Å². The molecule has 2 aliphatic rings. The molecule has 2 heterocycles. The third-order valence-corrected chi connectivity index (χ3v) is 6.23. The summed E-state index contributed by atoms with van der Waals surface area (Å²) in [5, 5.41) is 6.56. The number of rotatable bonds is 5. The molecule has 9 heteroatoms. The maximum absolute atomic E-state index is 12.5. The fourth-order valence-electron chi connectivity index (χ4n) is 3.58. The van der Waals surface area contributed by atoms with Crippen molar-refractivity contribution in [1.29, 1.82) is 0 Å². The summed E-state index contributed by atoms with van der Waals surface area (Å²) in [6, 6.07) is 5.53. The first-order chi connectivity index (χ1) is 11.4. The number of methoxy groups -OCH3 is 1. The molecule has 0 saturated carbocycles. The van der Waals surface area contributed by atoms with Crippen LogP contribution < -0.4 is 20.1 Å². The second-order valence-electron chi connectivity index (χ2n) is 6.35. The average molecular weight is 390 g/mol. The lowest BCUT2D eigenvalue weighted by molar-refractivity contribution is 0.0923. The first kappa shape index (κ1) is 20.0. The molecule has 2 fully saturated rings. The van der Waals surface area contributed by atoms with Crippen molar-refractivity contribution in [3.05, 3.63) is 23.8 Å². The molecule has 1 aromatic rings. The van der Waals surface area contributed by atoms with Crippen LogP contribution in [0.2, 0.25) is 0 Å². The van der Waals surface area contributed by atoms with Gasteiger partial charge in [0.1, 0.15) is 10.6 Å². The Bertz CT molecular complexity index is 729. The van der Waals surface area contributed by atoms with Crippen molar-refractivity contribution in [1.82, 2.24) is 15.4 Å². The first-order valence-corrected chi connectivity index (χ1v) is 9.59. The molecular formula is C16H24ClN3O4S. The number of halogens is 1. The Morgan fingerprint density at radius 3 is 2.44 bits per heavy atom. The van der Waals surface area contributed by atoms with Crippen molar-refractivity contribution in [3.8, 4) is 5.75 Å². The van der Waals surface area contributed by atoms with Crippen LogP contribution in [0.1, 0.15) is 36.0 Å². The number of hydrogen-bond acceptors (Lipinski definition) is 5. The van der Waals surface area contributed by atoms with E-state index in [2.05, 4.69) is 15.4 Å². The number of fused-ring (bicyclic) bond motifs is 2. The smallest absolute Gasteiger partial charge is 0.251 e. The van der Waals surface area contributed by atoms with E-state index in [4.69, 9.17) is 4.74 Å². The molecule has 2 unspecified atom stereocenters. The number of ether oxygens (including phenoxy) is 1. The SMILES string of the molecule is CNS(=O)(=O)c1cc(C(=O)NC2CC3CCC(C2)N3)ccc1OC.Cl. The lowest BCUT2D eigenvalue weighted by Crippen LogP contribution is -2.48. The van der Waals surface area contributed by atoms with Crippen molar-refractivity contribution in [2.75, 3.05) is 14.2 Å². The summed E-state index contributed by atoms with van der Waals surface area (Å²) in [7, 11) is -0.979. The maximum Gasteiger partial charge on any atom is 0.251 e. The van der Waals surface area contributed by atoms with Gasteiger partial charge in [0.15, 0.2) is 0 Å². The Labute approximate surface area is 154 Å². The number of benzene rings is 1. The summed E-state index contributed by atoms with van der Waals surface area (Å²) < 4.78 is 31.6. The summed E-state index contributed by atoms with van der Waals surface area (Å²) in [6.45, 7) is 0. The number of nitrogens with one attached hydrogen (secondary N) is 3. The van der Waals surface area contributed by atoms with E-state index in [1.54, 1.807) is 6.07 Å². The molecule has 3 rings (SSSR count). The van der Waals surface area contributed by atoms with Gasteiger partial charge in [0, 0.05) is 23.7 Å². The van der Waals surface area contributed by atoms with Crippen LogP contribution >= 0.6 is 12.4 Å². The third-order valence-electron chi connectivity index (χ3n) is 4.79. The minimum Gasteiger partial charge on any atom is -0.495 e. The van der Waals surface area contributed by atoms with Crippen molar-refractivity contribution >= 4 is 28.3 Å². The van der Waals surface area contributed by atoms with Crippen LogP contribution in [0.5, 0.6) is 5.75 Å². The summed E-state index contributed by atoms with van der Waals surface area (Å²) in [5.74, 6) is -0.0442. The molecule has 1 amide bonds. The topological polar surface area (TPSA) is 96.5 Å². The van der Waals surface area contributed by atoms with E-state index in [0.717, 1.165) is 25.7 Å². The summed E-state index contributed by atoms with van der Waals surface area (Å²) >= 11 is 0. The fourth-order valence-corrected chi connectivity index (χ4v) is 4.50. The Morgan fingerprint density at radius 2 is 1.88 bits per heavy atom. The molecule has 0 aliphatic carbocycles. The molecule has 1 aromatic carbocycles.